The third-order valence-electron chi connectivity index (χ3n) is 6.25. The predicted octanol–water partition coefficient (Wildman–Crippen LogP) is 7.51. The van der Waals surface area contributed by atoms with Gasteiger partial charge in [0.2, 0.25) is 0 Å². The summed E-state index contributed by atoms with van der Waals surface area (Å²) in [6.07, 6.45) is 7.55. The lowest BCUT2D eigenvalue weighted by molar-refractivity contribution is -0.143. The second kappa shape index (κ2) is 10.1. The summed E-state index contributed by atoms with van der Waals surface area (Å²) in [5.41, 5.74) is 6.28. The Bertz CT molecular complexity index is 1530. The van der Waals surface area contributed by atoms with Gasteiger partial charge in [0.15, 0.2) is 0 Å². The fourth-order valence-corrected chi connectivity index (χ4v) is 4.38. The summed E-state index contributed by atoms with van der Waals surface area (Å²) in [4.78, 5) is 16.0. The lowest BCUT2D eigenvalue weighted by Crippen LogP contribution is -2.19. The zero-order valence-electron chi connectivity index (χ0n) is 19.5. The molecular weight excluding hydrogens is 477 g/mol. The summed E-state index contributed by atoms with van der Waals surface area (Å²) in [6.45, 7) is 1.74. The number of hydrogen-bond acceptors (Lipinski definition) is 3. The lowest BCUT2D eigenvalue weighted by Gasteiger charge is -2.22. The lowest BCUT2D eigenvalue weighted by atomic mass is 9.94. The van der Waals surface area contributed by atoms with Gasteiger partial charge in [0.1, 0.15) is 11.9 Å². The highest BCUT2D eigenvalue weighted by atomic mass is 35.5. The molecule has 0 radical (unpaired) electrons. The zero-order valence-corrected chi connectivity index (χ0v) is 20.2. The standard InChI is InChI=1S/C30H23ClFNO3/c1-18(30(34)35)17-36-29-24-5-3-2-4-20(24)9-10-21-8-6-19(14-25(21)29)7-12-23-13-11-22-15-27(32)26(31)16-28(22)33-23/h2-16,18,29H,17H2,1H3,(H,34,35). The van der Waals surface area contributed by atoms with Crippen LogP contribution in [0.25, 0.3) is 35.2 Å². The Kier molecular flexibility index (Phi) is 6.68. The molecule has 1 N–H and O–H groups in total. The molecule has 0 aliphatic heterocycles. The van der Waals surface area contributed by atoms with Gasteiger partial charge >= 0.3 is 5.97 Å². The molecule has 0 bridgehead atoms. The fourth-order valence-electron chi connectivity index (χ4n) is 4.22. The Morgan fingerprint density at radius 2 is 1.83 bits per heavy atom. The summed E-state index contributed by atoms with van der Waals surface area (Å²) in [7, 11) is 0. The first-order valence-corrected chi connectivity index (χ1v) is 12.0. The minimum atomic E-state index is -0.890. The Morgan fingerprint density at radius 3 is 2.64 bits per heavy atom. The van der Waals surface area contributed by atoms with Gasteiger partial charge in [-0.25, -0.2) is 9.37 Å². The maximum Gasteiger partial charge on any atom is 0.308 e. The summed E-state index contributed by atoms with van der Waals surface area (Å²) < 4.78 is 20.0. The highest BCUT2D eigenvalue weighted by Gasteiger charge is 2.24. The van der Waals surface area contributed by atoms with E-state index in [-0.39, 0.29) is 11.6 Å². The number of carboxylic acid groups (broad SMARTS) is 1. The topological polar surface area (TPSA) is 59.4 Å². The van der Waals surface area contributed by atoms with Crippen LogP contribution < -0.4 is 0 Å². The van der Waals surface area contributed by atoms with Gasteiger partial charge < -0.3 is 9.84 Å². The van der Waals surface area contributed by atoms with Crippen LogP contribution in [-0.4, -0.2) is 22.7 Å². The third kappa shape index (κ3) is 4.94. The van der Waals surface area contributed by atoms with E-state index in [1.54, 1.807) is 6.92 Å². The molecule has 4 aromatic rings. The van der Waals surface area contributed by atoms with E-state index in [0.717, 1.165) is 27.8 Å². The van der Waals surface area contributed by atoms with Crippen molar-refractivity contribution >= 4 is 52.8 Å². The number of ether oxygens (including phenoxy) is 1. The molecule has 5 rings (SSSR count). The number of fused-ring (bicyclic) bond motifs is 3. The molecule has 2 unspecified atom stereocenters. The van der Waals surface area contributed by atoms with Crippen LogP contribution in [0.1, 0.15) is 46.5 Å². The highest BCUT2D eigenvalue weighted by molar-refractivity contribution is 6.31. The Labute approximate surface area is 213 Å². The molecule has 0 fully saturated rings. The van der Waals surface area contributed by atoms with E-state index < -0.39 is 23.8 Å². The molecule has 36 heavy (non-hydrogen) atoms. The van der Waals surface area contributed by atoms with Crippen molar-refractivity contribution in [1.82, 2.24) is 4.98 Å². The molecule has 3 aromatic carbocycles. The van der Waals surface area contributed by atoms with Gasteiger partial charge in [-0.05, 0) is 65.1 Å². The molecule has 180 valence electrons. The SMILES string of the molecule is CC(COC1c2ccccc2C=Cc2ccc(C=Cc3ccc4cc(F)c(Cl)cc4n3)cc21)C(=O)O. The number of aromatic nitrogens is 1. The number of benzene rings is 3. The highest BCUT2D eigenvalue weighted by Crippen LogP contribution is 2.36. The van der Waals surface area contributed by atoms with Crippen LogP contribution in [0.2, 0.25) is 5.02 Å². The van der Waals surface area contributed by atoms with Crippen molar-refractivity contribution in [2.75, 3.05) is 6.61 Å². The van der Waals surface area contributed by atoms with Gasteiger partial charge in [0.05, 0.1) is 28.8 Å². The molecule has 0 amide bonds. The largest absolute Gasteiger partial charge is 0.481 e. The van der Waals surface area contributed by atoms with Crippen molar-refractivity contribution in [3.05, 3.63) is 111 Å². The summed E-state index contributed by atoms with van der Waals surface area (Å²) >= 11 is 5.92. The molecular formula is C30H23ClFNO3. The van der Waals surface area contributed by atoms with E-state index in [1.165, 1.54) is 12.1 Å². The molecule has 1 aliphatic rings. The van der Waals surface area contributed by atoms with Crippen LogP contribution in [-0.2, 0) is 9.53 Å². The molecule has 2 atom stereocenters. The first-order valence-electron chi connectivity index (χ1n) is 11.6. The molecule has 4 nitrogen and oxygen atoms in total. The maximum atomic E-state index is 13.7. The molecule has 1 heterocycles. The van der Waals surface area contributed by atoms with E-state index >= 15 is 0 Å². The second-order valence-corrected chi connectivity index (χ2v) is 9.24. The van der Waals surface area contributed by atoms with Crippen LogP contribution in [0.15, 0.2) is 66.7 Å². The number of aliphatic carboxylic acids is 1. The van der Waals surface area contributed by atoms with Gasteiger partial charge in [0.25, 0.3) is 0 Å². The molecule has 6 heteroatoms. The van der Waals surface area contributed by atoms with Crippen molar-refractivity contribution < 1.29 is 19.0 Å². The minimum absolute atomic E-state index is 0.0403. The number of carbonyl (C=O) groups is 1. The first-order chi connectivity index (χ1) is 17.4. The van der Waals surface area contributed by atoms with Gasteiger partial charge in [-0.3, -0.25) is 4.79 Å². The second-order valence-electron chi connectivity index (χ2n) is 8.83. The average Bonchev–Trinajstić information content (AvgIpc) is 3.03. The first kappa shape index (κ1) is 23.9. The molecule has 0 spiro atoms. The summed E-state index contributed by atoms with van der Waals surface area (Å²) in [5, 5.41) is 10.1. The number of halogens is 2. The molecule has 1 aliphatic carbocycles. The van der Waals surface area contributed by atoms with Crippen LogP contribution in [0.3, 0.4) is 0 Å². The van der Waals surface area contributed by atoms with E-state index in [1.807, 2.05) is 60.7 Å². The average molecular weight is 500 g/mol. The zero-order chi connectivity index (χ0) is 25.2. The van der Waals surface area contributed by atoms with Gasteiger partial charge in [-0.1, -0.05) is 72.3 Å². The molecule has 1 aromatic heterocycles. The normalized spacial score (nSPS) is 15.5. The van der Waals surface area contributed by atoms with Gasteiger partial charge in [-0.2, -0.15) is 0 Å². The van der Waals surface area contributed by atoms with Crippen LogP contribution >= 0.6 is 11.6 Å². The number of carboxylic acids is 1. The van der Waals surface area contributed by atoms with E-state index in [0.29, 0.717) is 16.6 Å². The summed E-state index contributed by atoms with van der Waals surface area (Å²) in [6, 6.07) is 20.6. The van der Waals surface area contributed by atoms with E-state index in [4.69, 9.17) is 16.3 Å². The van der Waals surface area contributed by atoms with E-state index in [9.17, 15) is 14.3 Å². The van der Waals surface area contributed by atoms with Crippen molar-refractivity contribution in [3.63, 3.8) is 0 Å². The number of rotatable bonds is 6. The fraction of sp³-hybridized carbons (Fsp3) is 0.133. The van der Waals surface area contributed by atoms with Crippen LogP contribution in [0.5, 0.6) is 0 Å². The van der Waals surface area contributed by atoms with E-state index in [2.05, 4.69) is 23.2 Å². The Morgan fingerprint density at radius 1 is 1.06 bits per heavy atom. The number of nitrogens with zero attached hydrogens (tertiary/aromatic N) is 1. The Hall–Kier alpha value is -3.80. The van der Waals surface area contributed by atoms with Crippen molar-refractivity contribution in [1.29, 1.82) is 0 Å². The molecule has 0 saturated carbocycles. The van der Waals surface area contributed by atoms with Crippen molar-refractivity contribution in [3.8, 4) is 0 Å². The monoisotopic (exact) mass is 499 g/mol. The molecule has 0 saturated heterocycles. The maximum absolute atomic E-state index is 13.7. The number of hydrogen-bond donors (Lipinski definition) is 1. The quantitative estimate of drug-likeness (QED) is 0.298. The summed E-state index contributed by atoms with van der Waals surface area (Å²) in [5.74, 6) is -1.98. The smallest absolute Gasteiger partial charge is 0.308 e. The Balaban J connectivity index is 1.49. The van der Waals surface area contributed by atoms with Crippen LogP contribution in [0.4, 0.5) is 4.39 Å². The predicted molar refractivity (Wildman–Crippen MR) is 142 cm³/mol. The van der Waals surface area contributed by atoms with Crippen molar-refractivity contribution in [2.24, 2.45) is 5.92 Å². The third-order valence-corrected chi connectivity index (χ3v) is 6.54. The van der Waals surface area contributed by atoms with Crippen molar-refractivity contribution in [2.45, 2.75) is 13.0 Å². The number of pyridine rings is 1. The minimum Gasteiger partial charge on any atom is -0.481 e. The van der Waals surface area contributed by atoms with Gasteiger partial charge in [0, 0.05) is 5.39 Å². The van der Waals surface area contributed by atoms with Gasteiger partial charge in [-0.15, -0.1) is 0 Å². The van der Waals surface area contributed by atoms with Crippen LogP contribution in [0, 0.1) is 11.7 Å².